The summed E-state index contributed by atoms with van der Waals surface area (Å²) in [5, 5.41) is 4.15. The minimum atomic E-state index is -0.0334. The number of aromatic nitrogens is 2. The molecule has 1 unspecified atom stereocenters. The molecule has 3 aromatic rings. The van der Waals surface area contributed by atoms with Crippen molar-refractivity contribution in [3.63, 3.8) is 0 Å². The topological polar surface area (TPSA) is 58.1 Å². The van der Waals surface area contributed by atoms with Gasteiger partial charge in [-0.1, -0.05) is 72.8 Å². The summed E-state index contributed by atoms with van der Waals surface area (Å²) in [4.78, 5) is 23.8. The summed E-state index contributed by atoms with van der Waals surface area (Å²) in [5.41, 5.74) is 3.21. The number of amides is 1. The Labute approximate surface area is 217 Å². The summed E-state index contributed by atoms with van der Waals surface area (Å²) < 4.78 is 0. The molecule has 184 valence electrons. The third-order valence-corrected chi connectivity index (χ3v) is 7.65. The van der Waals surface area contributed by atoms with E-state index in [1.54, 1.807) is 11.8 Å². The Bertz CT molecular complexity index is 1100. The van der Waals surface area contributed by atoms with Crippen molar-refractivity contribution in [2.45, 2.75) is 56.5 Å². The average molecular weight is 509 g/mol. The zero-order valence-electron chi connectivity index (χ0n) is 20.4. The van der Waals surface area contributed by atoms with Crippen LogP contribution in [0.4, 0.5) is 5.82 Å². The number of rotatable bonds is 9. The van der Waals surface area contributed by atoms with Crippen molar-refractivity contribution < 1.29 is 4.79 Å². The lowest BCUT2D eigenvalue weighted by atomic mass is 9.90. The highest BCUT2D eigenvalue weighted by molar-refractivity contribution is 7.98. The Kier molecular flexibility index (Phi) is 9.05. The summed E-state index contributed by atoms with van der Waals surface area (Å²) in [6.07, 6.45) is 4.35. The fourth-order valence-corrected chi connectivity index (χ4v) is 5.27. The molecule has 0 bridgehead atoms. The van der Waals surface area contributed by atoms with E-state index < -0.39 is 0 Å². The van der Waals surface area contributed by atoms with Gasteiger partial charge < -0.3 is 10.2 Å². The maximum absolute atomic E-state index is 12.3. The van der Waals surface area contributed by atoms with E-state index in [2.05, 4.69) is 52.5 Å². The number of thioether (sulfide) groups is 1. The number of benzene rings is 2. The molecule has 1 fully saturated rings. The van der Waals surface area contributed by atoms with Crippen LogP contribution < -0.4 is 10.2 Å². The lowest BCUT2D eigenvalue weighted by molar-refractivity contribution is 0.0939. The van der Waals surface area contributed by atoms with E-state index in [9.17, 15) is 4.79 Å². The Morgan fingerprint density at radius 3 is 2.49 bits per heavy atom. The largest absolute Gasteiger partial charge is 0.356 e. The molecular weight excluding hydrogens is 476 g/mol. The van der Waals surface area contributed by atoms with Crippen LogP contribution in [-0.2, 0) is 12.2 Å². The highest BCUT2D eigenvalue weighted by atomic mass is 35.5. The molecule has 1 amide bonds. The van der Waals surface area contributed by atoms with Crippen LogP contribution in [-0.4, -0.2) is 35.0 Å². The molecule has 1 aliphatic rings. The lowest BCUT2D eigenvalue weighted by Gasteiger charge is -2.33. The van der Waals surface area contributed by atoms with Crippen molar-refractivity contribution in [2.24, 2.45) is 5.92 Å². The fourth-order valence-electron chi connectivity index (χ4n) is 4.24. The standard InChI is InChI=1S/C28H33ClN4OS/c1-3-20(2)30-27(34)24-11-9-23(10-12-24)19-35-28-31-25(29)18-26(32-28)33-15-13-22(14-16-33)17-21-7-5-4-6-8-21/h4-12,18,20,22H,3,13-17,19H2,1-2H3,(H,30,34). The number of nitrogens with one attached hydrogen (secondary N) is 1. The van der Waals surface area contributed by atoms with Crippen LogP contribution in [0, 0.1) is 5.92 Å². The van der Waals surface area contributed by atoms with Crippen LogP contribution in [0.25, 0.3) is 0 Å². The number of anilines is 1. The van der Waals surface area contributed by atoms with Crippen LogP contribution in [0.1, 0.15) is 54.6 Å². The number of piperidine rings is 1. The summed E-state index contributed by atoms with van der Waals surface area (Å²) in [6, 6.07) is 20.5. The van der Waals surface area contributed by atoms with Crippen LogP contribution in [0.15, 0.2) is 65.8 Å². The van der Waals surface area contributed by atoms with Gasteiger partial charge in [-0.3, -0.25) is 4.79 Å². The molecule has 0 spiro atoms. The van der Waals surface area contributed by atoms with Gasteiger partial charge in [0.25, 0.3) is 5.91 Å². The number of carbonyl (C=O) groups is 1. The maximum Gasteiger partial charge on any atom is 0.251 e. The zero-order chi connectivity index (χ0) is 24.6. The van der Waals surface area contributed by atoms with Crippen LogP contribution in [0.2, 0.25) is 5.15 Å². The monoisotopic (exact) mass is 508 g/mol. The molecule has 2 aromatic carbocycles. The lowest BCUT2D eigenvalue weighted by Crippen LogP contribution is -2.35. The minimum Gasteiger partial charge on any atom is -0.356 e. The van der Waals surface area contributed by atoms with Crippen molar-refractivity contribution in [1.82, 2.24) is 15.3 Å². The molecule has 1 saturated heterocycles. The van der Waals surface area contributed by atoms with Gasteiger partial charge in [0.15, 0.2) is 5.16 Å². The quantitative estimate of drug-likeness (QED) is 0.205. The van der Waals surface area contributed by atoms with Crippen molar-refractivity contribution in [1.29, 1.82) is 0 Å². The molecule has 5 nitrogen and oxygen atoms in total. The summed E-state index contributed by atoms with van der Waals surface area (Å²) in [5.74, 6) is 2.29. The second-order valence-electron chi connectivity index (χ2n) is 9.22. The molecule has 35 heavy (non-hydrogen) atoms. The van der Waals surface area contributed by atoms with E-state index in [1.165, 1.54) is 5.56 Å². The molecule has 7 heteroatoms. The van der Waals surface area contributed by atoms with E-state index in [0.29, 0.717) is 27.5 Å². The first-order valence-corrected chi connectivity index (χ1v) is 13.7. The van der Waals surface area contributed by atoms with Gasteiger partial charge in [-0.15, -0.1) is 0 Å². The smallest absolute Gasteiger partial charge is 0.251 e. The molecule has 1 atom stereocenters. The Balaban J connectivity index is 1.31. The van der Waals surface area contributed by atoms with Crippen LogP contribution >= 0.6 is 23.4 Å². The number of carbonyl (C=O) groups excluding carboxylic acids is 1. The normalized spacial score (nSPS) is 15.1. The second kappa shape index (κ2) is 12.4. The molecule has 1 N–H and O–H groups in total. The number of hydrogen-bond donors (Lipinski definition) is 1. The molecule has 2 heterocycles. The predicted molar refractivity (Wildman–Crippen MR) is 145 cm³/mol. The van der Waals surface area contributed by atoms with Crippen molar-refractivity contribution in [2.75, 3.05) is 18.0 Å². The van der Waals surface area contributed by atoms with Gasteiger partial charge >= 0.3 is 0 Å². The highest BCUT2D eigenvalue weighted by Gasteiger charge is 2.21. The minimum absolute atomic E-state index is 0.0334. The van der Waals surface area contributed by atoms with Gasteiger partial charge in [-0.2, -0.15) is 0 Å². The van der Waals surface area contributed by atoms with E-state index in [4.69, 9.17) is 16.6 Å². The van der Waals surface area contributed by atoms with Gasteiger partial charge in [0, 0.05) is 36.5 Å². The molecular formula is C28H33ClN4OS. The van der Waals surface area contributed by atoms with Gasteiger partial charge in [0.1, 0.15) is 11.0 Å². The van der Waals surface area contributed by atoms with Gasteiger partial charge in [-0.05, 0) is 61.8 Å². The van der Waals surface area contributed by atoms with Crippen molar-refractivity contribution in [3.05, 3.63) is 82.5 Å². The number of hydrogen-bond acceptors (Lipinski definition) is 5. The SMILES string of the molecule is CCC(C)NC(=O)c1ccc(CSc2nc(Cl)cc(N3CCC(Cc4ccccc4)CC3)n2)cc1. The Morgan fingerprint density at radius 1 is 1.09 bits per heavy atom. The first-order chi connectivity index (χ1) is 17.0. The van der Waals surface area contributed by atoms with Gasteiger partial charge in [0.2, 0.25) is 0 Å². The highest BCUT2D eigenvalue weighted by Crippen LogP contribution is 2.28. The molecule has 4 rings (SSSR count). The van der Waals surface area contributed by atoms with Crippen LogP contribution in [0.3, 0.4) is 0 Å². The number of halogens is 1. The van der Waals surface area contributed by atoms with Crippen LogP contribution in [0.5, 0.6) is 0 Å². The first-order valence-electron chi connectivity index (χ1n) is 12.4. The Morgan fingerprint density at radius 2 is 1.80 bits per heavy atom. The molecule has 0 saturated carbocycles. The number of nitrogens with zero attached hydrogens (tertiary/aromatic N) is 3. The third-order valence-electron chi connectivity index (χ3n) is 6.54. The fraction of sp³-hybridized carbons (Fsp3) is 0.393. The van der Waals surface area contributed by atoms with Gasteiger partial charge in [-0.25, -0.2) is 9.97 Å². The molecule has 1 aliphatic heterocycles. The van der Waals surface area contributed by atoms with Crippen molar-refractivity contribution in [3.8, 4) is 0 Å². The van der Waals surface area contributed by atoms with E-state index in [0.717, 1.165) is 50.2 Å². The van der Waals surface area contributed by atoms with Crippen molar-refractivity contribution >= 4 is 35.1 Å². The molecule has 1 aromatic heterocycles. The summed E-state index contributed by atoms with van der Waals surface area (Å²) in [6.45, 7) is 6.03. The second-order valence-corrected chi connectivity index (χ2v) is 10.5. The van der Waals surface area contributed by atoms with E-state index >= 15 is 0 Å². The summed E-state index contributed by atoms with van der Waals surface area (Å²) in [7, 11) is 0. The molecule has 0 aliphatic carbocycles. The Hall–Kier alpha value is -2.57. The summed E-state index contributed by atoms with van der Waals surface area (Å²) >= 11 is 7.92. The zero-order valence-corrected chi connectivity index (χ0v) is 22.0. The van der Waals surface area contributed by atoms with E-state index in [-0.39, 0.29) is 11.9 Å². The average Bonchev–Trinajstić information content (AvgIpc) is 2.88. The predicted octanol–water partition coefficient (Wildman–Crippen LogP) is 6.41. The third kappa shape index (κ3) is 7.45. The first kappa shape index (κ1) is 25.5. The van der Waals surface area contributed by atoms with Gasteiger partial charge in [0.05, 0.1) is 0 Å². The maximum atomic E-state index is 12.3. The van der Waals surface area contributed by atoms with E-state index in [1.807, 2.05) is 37.3 Å². The molecule has 0 radical (unpaired) electrons.